The van der Waals surface area contributed by atoms with E-state index in [1.165, 1.54) is 51.4 Å². The maximum atomic E-state index is 13.2. The first-order valence-corrected chi connectivity index (χ1v) is 12.1. The maximum absolute atomic E-state index is 13.2. The van der Waals surface area contributed by atoms with E-state index in [0.717, 1.165) is 30.2 Å². The van der Waals surface area contributed by atoms with Gasteiger partial charge in [0.05, 0.1) is 11.0 Å². The topological polar surface area (TPSA) is 75.4 Å². The van der Waals surface area contributed by atoms with Crippen LogP contribution in [0.5, 0.6) is 0 Å². The van der Waals surface area contributed by atoms with Crippen LogP contribution in [0.1, 0.15) is 80.7 Å². The van der Waals surface area contributed by atoms with Crippen molar-refractivity contribution in [3.63, 3.8) is 0 Å². The predicted molar refractivity (Wildman–Crippen MR) is 118 cm³/mol. The standard InChI is InChI=1S/C25H31N3O3/c29-24-23(25(30)31)26-21-6-1-2-7-22(21)28(24)20-13-17-8-9-18(14-20)27(17)19-11-15-4-3-5-16(10-15)12-19/h1-2,6-7,15-20H,3-5,8-14H2,(H,30,31)/t15-,16+,17-,18+,19?,20?. The van der Waals surface area contributed by atoms with Crippen molar-refractivity contribution in [2.24, 2.45) is 11.8 Å². The molecule has 1 N–H and O–H groups in total. The van der Waals surface area contributed by atoms with Gasteiger partial charge in [-0.3, -0.25) is 9.69 Å². The van der Waals surface area contributed by atoms with Gasteiger partial charge in [0.1, 0.15) is 0 Å². The average Bonchev–Trinajstić information content (AvgIpc) is 3.02. The summed E-state index contributed by atoms with van der Waals surface area (Å²) in [5, 5.41) is 9.57. The normalized spacial score (nSPS) is 35.4. The van der Waals surface area contributed by atoms with Crippen molar-refractivity contribution in [2.45, 2.75) is 88.4 Å². The highest BCUT2D eigenvalue weighted by atomic mass is 16.4. The van der Waals surface area contributed by atoms with Crippen molar-refractivity contribution in [2.75, 3.05) is 0 Å². The lowest BCUT2D eigenvalue weighted by molar-refractivity contribution is 0.00786. The summed E-state index contributed by atoms with van der Waals surface area (Å²) in [6, 6.07) is 9.26. The third kappa shape index (κ3) is 3.22. The zero-order valence-corrected chi connectivity index (χ0v) is 17.9. The van der Waals surface area contributed by atoms with Gasteiger partial charge in [0.15, 0.2) is 0 Å². The van der Waals surface area contributed by atoms with E-state index in [-0.39, 0.29) is 11.7 Å². The number of nitrogens with zero attached hydrogens (tertiary/aromatic N) is 3. The van der Waals surface area contributed by atoms with Crippen LogP contribution in [-0.2, 0) is 0 Å². The number of benzene rings is 1. The number of aromatic nitrogens is 2. The Bertz CT molecular complexity index is 1050. The minimum Gasteiger partial charge on any atom is -0.476 e. The summed E-state index contributed by atoms with van der Waals surface area (Å²) in [6.07, 6.45) is 12.7. The van der Waals surface area contributed by atoms with Gasteiger partial charge in [-0.25, -0.2) is 9.78 Å². The summed E-state index contributed by atoms with van der Waals surface area (Å²) in [7, 11) is 0. The van der Waals surface area contributed by atoms with Crippen LogP contribution in [0.25, 0.3) is 11.0 Å². The van der Waals surface area contributed by atoms with E-state index in [0.29, 0.717) is 23.6 Å². The third-order valence-corrected chi connectivity index (χ3v) is 8.65. The van der Waals surface area contributed by atoms with Gasteiger partial charge in [0, 0.05) is 24.2 Å². The lowest BCUT2D eigenvalue weighted by Gasteiger charge is -2.49. The van der Waals surface area contributed by atoms with E-state index in [1.54, 1.807) is 4.57 Å². The van der Waals surface area contributed by atoms with Gasteiger partial charge in [-0.1, -0.05) is 31.4 Å². The Morgan fingerprint density at radius 1 is 0.871 bits per heavy atom. The smallest absolute Gasteiger partial charge is 0.360 e. The molecule has 2 aliphatic carbocycles. The Hall–Kier alpha value is -2.21. The number of fused-ring (bicyclic) bond motifs is 5. The Labute approximate surface area is 182 Å². The number of hydrogen-bond donors (Lipinski definition) is 1. The second kappa shape index (κ2) is 7.44. The van der Waals surface area contributed by atoms with E-state index >= 15 is 0 Å². The quantitative estimate of drug-likeness (QED) is 0.803. The fraction of sp³-hybridized carbons (Fsp3) is 0.640. The Kier molecular flexibility index (Phi) is 4.67. The number of para-hydroxylation sites is 2. The van der Waals surface area contributed by atoms with Crippen molar-refractivity contribution >= 4 is 17.0 Å². The van der Waals surface area contributed by atoms with E-state index in [1.807, 2.05) is 24.3 Å². The lowest BCUT2D eigenvalue weighted by atomic mass is 9.69. The maximum Gasteiger partial charge on any atom is 0.360 e. The third-order valence-electron chi connectivity index (χ3n) is 8.65. The van der Waals surface area contributed by atoms with Gasteiger partial charge in [-0.2, -0.15) is 0 Å². The first-order valence-electron chi connectivity index (χ1n) is 12.1. The van der Waals surface area contributed by atoms with E-state index in [2.05, 4.69) is 9.88 Å². The average molecular weight is 422 g/mol. The molecule has 6 atom stereocenters. The van der Waals surface area contributed by atoms with Crippen LogP contribution in [-0.4, -0.2) is 43.7 Å². The molecule has 0 amide bonds. The fourth-order valence-corrected chi connectivity index (χ4v) is 7.59. The first kappa shape index (κ1) is 19.5. The largest absolute Gasteiger partial charge is 0.476 e. The molecule has 0 spiro atoms. The van der Waals surface area contributed by atoms with Gasteiger partial charge in [-0.15, -0.1) is 0 Å². The fourth-order valence-electron chi connectivity index (χ4n) is 7.59. The van der Waals surface area contributed by atoms with Crippen LogP contribution in [0.15, 0.2) is 29.1 Å². The lowest BCUT2D eigenvalue weighted by Crippen LogP contribution is -2.52. The Morgan fingerprint density at radius 2 is 1.55 bits per heavy atom. The molecule has 1 aromatic carbocycles. The van der Waals surface area contributed by atoms with Crippen LogP contribution in [0.4, 0.5) is 0 Å². The number of carbonyl (C=O) groups is 1. The number of aromatic carboxylic acids is 1. The number of rotatable bonds is 3. The van der Waals surface area contributed by atoms with Crippen LogP contribution in [0.3, 0.4) is 0 Å². The van der Waals surface area contributed by atoms with Crippen molar-refractivity contribution in [3.05, 3.63) is 40.3 Å². The molecule has 1 aromatic heterocycles. The van der Waals surface area contributed by atoms with Gasteiger partial charge in [0.25, 0.3) is 5.56 Å². The van der Waals surface area contributed by atoms with Gasteiger partial charge >= 0.3 is 5.97 Å². The molecule has 0 radical (unpaired) electrons. The molecule has 31 heavy (non-hydrogen) atoms. The van der Waals surface area contributed by atoms with Gasteiger partial charge < -0.3 is 9.67 Å². The molecule has 4 aliphatic rings. The summed E-state index contributed by atoms with van der Waals surface area (Å²) >= 11 is 0. The number of hydrogen-bond acceptors (Lipinski definition) is 4. The SMILES string of the molecule is O=C(O)c1nc2ccccc2n(C2C[C@H]3CC[C@@H](C2)N3C2C[C@H]3CCC[C@@H](C2)C3)c1=O. The minimum absolute atomic E-state index is 0.0512. The molecule has 2 saturated heterocycles. The van der Waals surface area contributed by atoms with Crippen LogP contribution in [0.2, 0.25) is 0 Å². The predicted octanol–water partition coefficient (Wildman–Crippen LogP) is 4.23. The second-order valence-corrected chi connectivity index (χ2v) is 10.4. The molecule has 2 unspecified atom stereocenters. The van der Waals surface area contributed by atoms with Crippen molar-refractivity contribution < 1.29 is 9.90 Å². The molecule has 2 aliphatic heterocycles. The molecular formula is C25H31N3O3. The monoisotopic (exact) mass is 421 g/mol. The molecule has 6 rings (SSSR count). The zero-order chi connectivity index (χ0) is 21.1. The van der Waals surface area contributed by atoms with Crippen molar-refractivity contribution in [1.29, 1.82) is 0 Å². The molecule has 2 saturated carbocycles. The van der Waals surface area contributed by atoms with Crippen LogP contribution >= 0.6 is 0 Å². The van der Waals surface area contributed by atoms with Crippen molar-refractivity contribution in [1.82, 2.24) is 14.5 Å². The van der Waals surface area contributed by atoms with Crippen molar-refractivity contribution in [3.8, 4) is 0 Å². The number of piperidine rings is 1. The first-order chi connectivity index (χ1) is 15.1. The highest BCUT2D eigenvalue weighted by molar-refractivity contribution is 5.88. The summed E-state index contributed by atoms with van der Waals surface area (Å²) in [4.78, 5) is 31.9. The minimum atomic E-state index is -1.24. The Morgan fingerprint density at radius 3 is 2.23 bits per heavy atom. The second-order valence-electron chi connectivity index (χ2n) is 10.4. The molecule has 6 heteroatoms. The van der Waals surface area contributed by atoms with E-state index in [4.69, 9.17) is 0 Å². The molecule has 4 fully saturated rings. The van der Waals surface area contributed by atoms with Crippen LogP contribution < -0.4 is 5.56 Å². The summed E-state index contributed by atoms with van der Waals surface area (Å²) in [5.41, 5.74) is 0.557. The number of carboxylic acid groups (broad SMARTS) is 1. The molecule has 4 bridgehead atoms. The summed E-state index contributed by atoms with van der Waals surface area (Å²) in [5.74, 6) is 0.595. The molecule has 6 nitrogen and oxygen atoms in total. The molecule has 3 heterocycles. The summed E-state index contributed by atoms with van der Waals surface area (Å²) in [6.45, 7) is 0. The molecular weight excluding hydrogens is 390 g/mol. The molecule has 2 aromatic rings. The highest BCUT2D eigenvalue weighted by Crippen LogP contribution is 2.48. The van der Waals surface area contributed by atoms with Gasteiger partial charge in [0.2, 0.25) is 5.69 Å². The van der Waals surface area contributed by atoms with Crippen LogP contribution in [0, 0.1) is 11.8 Å². The van der Waals surface area contributed by atoms with E-state index in [9.17, 15) is 14.7 Å². The number of carboxylic acids is 1. The Balaban J connectivity index is 1.33. The van der Waals surface area contributed by atoms with Gasteiger partial charge in [-0.05, 0) is 68.9 Å². The van der Waals surface area contributed by atoms with E-state index < -0.39 is 11.5 Å². The molecule has 164 valence electrons. The zero-order valence-electron chi connectivity index (χ0n) is 17.9. The highest BCUT2D eigenvalue weighted by Gasteiger charge is 2.47. The summed E-state index contributed by atoms with van der Waals surface area (Å²) < 4.78 is 1.77.